The monoisotopic (exact) mass is 193 g/mol. The van der Waals surface area contributed by atoms with E-state index >= 15 is 0 Å². The van der Waals surface area contributed by atoms with Gasteiger partial charge in [0.05, 0.1) is 6.61 Å². The second-order valence-corrected chi connectivity index (χ2v) is 3.35. The summed E-state index contributed by atoms with van der Waals surface area (Å²) in [6, 6.07) is 8.12. The smallest absolute Gasteiger partial charge is 0.124 e. The summed E-state index contributed by atoms with van der Waals surface area (Å²) in [5, 5.41) is 0. The molecule has 0 aromatic heterocycles. The van der Waals surface area contributed by atoms with Crippen LogP contribution < -0.4 is 10.5 Å². The van der Waals surface area contributed by atoms with Crippen LogP contribution in [0.15, 0.2) is 24.3 Å². The van der Waals surface area contributed by atoms with E-state index in [4.69, 9.17) is 10.5 Å². The van der Waals surface area contributed by atoms with Gasteiger partial charge >= 0.3 is 0 Å². The summed E-state index contributed by atoms with van der Waals surface area (Å²) in [5.41, 5.74) is 7.15. The molecular formula is C12H19NO. The molecule has 2 nitrogen and oxygen atoms in total. The highest BCUT2D eigenvalue weighted by molar-refractivity contribution is 5.37. The Labute approximate surface area is 86.1 Å². The Morgan fingerprint density at radius 3 is 2.64 bits per heavy atom. The van der Waals surface area contributed by atoms with Gasteiger partial charge in [0.1, 0.15) is 5.75 Å². The summed E-state index contributed by atoms with van der Waals surface area (Å²) in [7, 11) is 0. The van der Waals surface area contributed by atoms with Crippen molar-refractivity contribution in [2.24, 2.45) is 11.7 Å². The van der Waals surface area contributed by atoms with Crippen molar-refractivity contribution in [3.63, 3.8) is 0 Å². The van der Waals surface area contributed by atoms with Crippen LogP contribution in [0.4, 0.5) is 0 Å². The number of ether oxygens (including phenoxy) is 1. The summed E-state index contributed by atoms with van der Waals surface area (Å²) in [6.45, 7) is 6.85. The van der Waals surface area contributed by atoms with Crippen molar-refractivity contribution in [3.05, 3.63) is 29.8 Å². The van der Waals surface area contributed by atoms with Crippen LogP contribution in [0.25, 0.3) is 0 Å². The van der Waals surface area contributed by atoms with E-state index < -0.39 is 0 Å². The maximum absolute atomic E-state index is 6.01. The zero-order chi connectivity index (χ0) is 10.6. The molecule has 78 valence electrons. The molecule has 2 heteroatoms. The van der Waals surface area contributed by atoms with Crippen molar-refractivity contribution in [2.75, 3.05) is 6.61 Å². The van der Waals surface area contributed by atoms with Crippen LogP contribution in [0.2, 0.25) is 0 Å². The minimum atomic E-state index is 0.134. The predicted molar refractivity (Wildman–Crippen MR) is 59.4 cm³/mol. The first-order valence-electron chi connectivity index (χ1n) is 5.26. The molecule has 0 bridgehead atoms. The fourth-order valence-electron chi connectivity index (χ4n) is 1.52. The highest BCUT2D eigenvalue weighted by atomic mass is 16.5. The number of para-hydroxylation sites is 1. The van der Waals surface area contributed by atoms with Crippen LogP contribution in [0.1, 0.15) is 32.4 Å². The molecule has 1 heterocycles. The lowest BCUT2D eigenvalue weighted by Gasteiger charge is -2.28. The molecular weight excluding hydrogens is 174 g/mol. The van der Waals surface area contributed by atoms with E-state index in [0.717, 1.165) is 17.9 Å². The quantitative estimate of drug-likeness (QED) is 0.687. The average molecular weight is 193 g/mol. The van der Waals surface area contributed by atoms with Crippen molar-refractivity contribution >= 4 is 0 Å². The zero-order valence-corrected chi connectivity index (χ0v) is 9.16. The molecule has 0 amide bonds. The molecule has 0 fully saturated rings. The molecule has 0 radical (unpaired) electrons. The fourth-order valence-corrected chi connectivity index (χ4v) is 1.52. The molecule has 2 rings (SSSR count). The molecule has 1 aromatic carbocycles. The first-order chi connectivity index (χ1) is 6.79. The maximum atomic E-state index is 6.01. The Morgan fingerprint density at radius 2 is 1.93 bits per heavy atom. The minimum Gasteiger partial charge on any atom is -0.493 e. The van der Waals surface area contributed by atoms with Gasteiger partial charge in [0.15, 0.2) is 0 Å². The zero-order valence-electron chi connectivity index (χ0n) is 9.16. The van der Waals surface area contributed by atoms with Crippen molar-refractivity contribution in [3.8, 4) is 5.75 Å². The van der Waals surface area contributed by atoms with E-state index in [0.29, 0.717) is 5.92 Å². The van der Waals surface area contributed by atoms with Crippen LogP contribution in [0, 0.1) is 5.92 Å². The van der Waals surface area contributed by atoms with Crippen LogP contribution in [-0.4, -0.2) is 6.61 Å². The molecule has 0 saturated carbocycles. The largest absolute Gasteiger partial charge is 0.493 e. The standard InChI is InChI=1S/C10H13NO.C2H6/c1-7-6-12-9-5-3-2-4-8(9)10(7)11;1-2/h2-5,7,10H,6,11H2,1H3;1-2H3. The summed E-state index contributed by atoms with van der Waals surface area (Å²) in [5.74, 6) is 1.36. The van der Waals surface area contributed by atoms with E-state index in [1.165, 1.54) is 0 Å². The molecule has 1 aromatic rings. The molecule has 1 aliphatic heterocycles. The van der Waals surface area contributed by atoms with E-state index in [9.17, 15) is 0 Å². The van der Waals surface area contributed by atoms with Gasteiger partial charge in [-0.3, -0.25) is 0 Å². The van der Waals surface area contributed by atoms with E-state index in [1.54, 1.807) is 0 Å². The summed E-state index contributed by atoms with van der Waals surface area (Å²) in [4.78, 5) is 0. The Balaban J connectivity index is 0.000000461. The van der Waals surface area contributed by atoms with Crippen LogP contribution in [-0.2, 0) is 0 Å². The Bertz CT molecular complexity index is 285. The van der Waals surface area contributed by atoms with Gasteiger partial charge in [-0.1, -0.05) is 39.0 Å². The third-order valence-corrected chi connectivity index (χ3v) is 2.39. The highest BCUT2D eigenvalue weighted by Crippen LogP contribution is 2.32. The molecule has 0 saturated heterocycles. The third kappa shape index (κ3) is 2.07. The van der Waals surface area contributed by atoms with Crippen molar-refractivity contribution in [1.82, 2.24) is 0 Å². The Kier molecular flexibility index (Phi) is 3.96. The van der Waals surface area contributed by atoms with Crippen LogP contribution in [0.5, 0.6) is 5.75 Å². The number of hydrogen-bond acceptors (Lipinski definition) is 2. The second kappa shape index (κ2) is 5.01. The average Bonchev–Trinajstić information content (AvgIpc) is 2.27. The summed E-state index contributed by atoms with van der Waals surface area (Å²) < 4.78 is 5.53. The minimum absolute atomic E-state index is 0.134. The number of rotatable bonds is 0. The number of benzene rings is 1. The number of nitrogens with two attached hydrogens (primary N) is 1. The molecule has 1 aliphatic rings. The van der Waals surface area contributed by atoms with Gasteiger partial charge in [-0.25, -0.2) is 0 Å². The topological polar surface area (TPSA) is 35.2 Å². The van der Waals surface area contributed by atoms with Gasteiger partial charge in [-0.2, -0.15) is 0 Å². The first kappa shape index (κ1) is 11.1. The first-order valence-corrected chi connectivity index (χ1v) is 5.26. The summed E-state index contributed by atoms with van der Waals surface area (Å²) >= 11 is 0. The number of hydrogen-bond donors (Lipinski definition) is 1. The Morgan fingerprint density at radius 1 is 1.29 bits per heavy atom. The predicted octanol–water partition coefficient (Wildman–Crippen LogP) is 2.74. The van der Waals surface area contributed by atoms with Crippen molar-refractivity contribution < 1.29 is 4.74 Å². The molecule has 2 N–H and O–H groups in total. The Hall–Kier alpha value is -1.02. The lowest BCUT2D eigenvalue weighted by molar-refractivity contribution is 0.207. The normalized spacial score (nSPS) is 24.0. The molecule has 0 spiro atoms. The molecule has 14 heavy (non-hydrogen) atoms. The lowest BCUT2D eigenvalue weighted by atomic mass is 9.93. The molecule has 2 atom stereocenters. The van der Waals surface area contributed by atoms with Crippen molar-refractivity contribution in [1.29, 1.82) is 0 Å². The SMILES string of the molecule is CC.CC1COc2ccccc2C1N. The third-order valence-electron chi connectivity index (χ3n) is 2.39. The van der Waals surface area contributed by atoms with Gasteiger partial charge in [0, 0.05) is 17.5 Å². The summed E-state index contributed by atoms with van der Waals surface area (Å²) in [6.07, 6.45) is 0. The lowest BCUT2D eigenvalue weighted by Crippen LogP contribution is -2.29. The second-order valence-electron chi connectivity index (χ2n) is 3.35. The van der Waals surface area contributed by atoms with Gasteiger partial charge in [-0.15, -0.1) is 0 Å². The van der Waals surface area contributed by atoms with Crippen molar-refractivity contribution in [2.45, 2.75) is 26.8 Å². The van der Waals surface area contributed by atoms with E-state index in [-0.39, 0.29) is 6.04 Å². The maximum Gasteiger partial charge on any atom is 0.124 e. The van der Waals surface area contributed by atoms with Crippen LogP contribution in [0.3, 0.4) is 0 Å². The van der Waals surface area contributed by atoms with E-state index in [2.05, 4.69) is 6.92 Å². The van der Waals surface area contributed by atoms with Gasteiger partial charge in [-0.05, 0) is 6.07 Å². The fraction of sp³-hybridized carbons (Fsp3) is 0.500. The molecule has 0 aliphatic carbocycles. The van der Waals surface area contributed by atoms with Gasteiger partial charge in [0.2, 0.25) is 0 Å². The highest BCUT2D eigenvalue weighted by Gasteiger charge is 2.23. The number of fused-ring (bicyclic) bond motifs is 1. The van der Waals surface area contributed by atoms with Gasteiger partial charge in [0.25, 0.3) is 0 Å². The molecule has 2 unspecified atom stereocenters. The van der Waals surface area contributed by atoms with Crippen LogP contribution >= 0.6 is 0 Å². The van der Waals surface area contributed by atoms with E-state index in [1.807, 2.05) is 38.1 Å². The van der Waals surface area contributed by atoms with Gasteiger partial charge < -0.3 is 10.5 Å².